The molecule has 4 aromatic rings. The van der Waals surface area contributed by atoms with Gasteiger partial charge in [0, 0.05) is 16.8 Å². The van der Waals surface area contributed by atoms with Crippen molar-refractivity contribution in [3.05, 3.63) is 84.2 Å². The number of anilines is 3. The molecule has 2 N–H and O–H groups in total. The molecule has 0 radical (unpaired) electrons. The maximum atomic E-state index is 13.5. The van der Waals surface area contributed by atoms with Crippen molar-refractivity contribution in [2.45, 2.75) is 64.1 Å². The SMILES string of the molecule is CN(C)CC#CC(=O)Nc1ccc2ncnc(Nc3ccc(OC4CCCCCCCC4)c(C(=O)OCc4ccccc4)c3)c2c1. The van der Waals surface area contributed by atoms with Crippen LogP contribution in [0.5, 0.6) is 5.75 Å². The van der Waals surface area contributed by atoms with Gasteiger partial charge < -0.3 is 20.1 Å². The summed E-state index contributed by atoms with van der Waals surface area (Å²) in [7, 11) is 3.78. The van der Waals surface area contributed by atoms with Crippen molar-refractivity contribution >= 4 is 40.0 Å². The van der Waals surface area contributed by atoms with E-state index >= 15 is 0 Å². The van der Waals surface area contributed by atoms with Crippen molar-refractivity contribution in [3.8, 4) is 17.6 Å². The number of nitrogens with zero attached hydrogens (tertiary/aromatic N) is 3. The second kappa shape index (κ2) is 16.4. The highest BCUT2D eigenvalue weighted by molar-refractivity contribution is 6.05. The van der Waals surface area contributed by atoms with E-state index in [4.69, 9.17) is 9.47 Å². The zero-order valence-corrected chi connectivity index (χ0v) is 26.6. The quantitative estimate of drug-likeness (QED) is 0.151. The van der Waals surface area contributed by atoms with Gasteiger partial charge in [-0.05, 0) is 87.7 Å². The van der Waals surface area contributed by atoms with E-state index in [1.165, 1.54) is 32.0 Å². The number of aromatic nitrogens is 2. The van der Waals surface area contributed by atoms with Gasteiger partial charge in [-0.1, -0.05) is 61.9 Å². The predicted octanol–water partition coefficient (Wildman–Crippen LogP) is 7.12. The summed E-state index contributed by atoms with van der Waals surface area (Å²) in [6.07, 6.45) is 10.6. The minimum absolute atomic E-state index is 0.0459. The molecule has 5 rings (SSSR count). The Balaban J connectivity index is 1.39. The number of esters is 1. The van der Waals surface area contributed by atoms with Crippen molar-refractivity contribution in [3.63, 3.8) is 0 Å². The lowest BCUT2D eigenvalue weighted by Gasteiger charge is -2.21. The van der Waals surface area contributed by atoms with Crippen LogP contribution in [0.2, 0.25) is 0 Å². The lowest BCUT2D eigenvalue weighted by atomic mass is 10.1. The molecule has 9 heteroatoms. The number of fused-ring (bicyclic) bond motifs is 1. The third kappa shape index (κ3) is 9.53. The third-order valence-corrected chi connectivity index (χ3v) is 7.76. The second-order valence-electron chi connectivity index (χ2n) is 11.8. The molecule has 9 nitrogen and oxygen atoms in total. The third-order valence-electron chi connectivity index (χ3n) is 7.76. The first-order valence-corrected chi connectivity index (χ1v) is 15.9. The average molecular weight is 620 g/mol. The second-order valence-corrected chi connectivity index (χ2v) is 11.8. The normalized spacial score (nSPS) is 13.9. The van der Waals surface area contributed by atoms with Crippen LogP contribution < -0.4 is 15.4 Å². The van der Waals surface area contributed by atoms with Gasteiger partial charge >= 0.3 is 5.97 Å². The molecule has 1 aliphatic rings. The Hall–Kier alpha value is -4.94. The zero-order chi connectivity index (χ0) is 32.1. The van der Waals surface area contributed by atoms with Crippen LogP contribution >= 0.6 is 0 Å². The highest BCUT2D eigenvalue weighted by atomic mass is 16.5. The minimum atomic E-state index is -0.460. The van der Waals surface area contributed by atoms with Gasteiger partial charge in [-0.15, -0.1) is 0 Å². The monoisotopic (exact) mass is 619 g/mol. The number of amides is 1. The van der Waals surface area contributed by atoms with Crippen molar-refractivity contribution in [2.75, 3.05) is 31.3 Å². The fourth-order valence-electron chi connectivity index (χ4n) is 5.37. The van der Waals surface area contributed by atoms with E-state index in [0.717, 1.165) is 31.2 Å². The zero-order valence-electron chi connectivity index (χ0n) is 26.6. The number of nitrogens with one attached hydrogen (secondary N) is 2. The molecule has 1 aliphatic carbocycles. The Kier molecular flexibility index (Phi) is 11.6. The summed E-state index contributed by atoms with van der Waals surface area (Å²) in [6, 6.07) is 20.4. The van der Waals surface area contributed by atoms with Gasteiger partial charge in [0.15, 0.2) is 0 Å². The van der Waals surface area contributed by atoms with Gasteiger partial charge in [-0.2, -0.15) is 0 Å². The largest absolute Gasteiger partial charge is 0.490 e. The summed E-state index contributed by atoms with van der Waals surface area (Å²) < 4.78 is 12.3. The summed E-state index contributed by atoms with van der Waals surface area (Å²) in [5, 5.41) is 6.85. The molecule has 0 atom stereocenters. The molecule has 0 saturated heterocycles. The van der Waals surface area contributed by atoms with E-state index in [1.54, 1.807) is 18.2 Å². The molecule has 1 amide bonds. The van der Waals surface area contributed by atoms with E-state index in [0.29, 0.717) is 46.0 Å². The molecular weight excluding hydrogens is 578 g/mol. The maximum Gasteiger partial charge on any atom is 0.342 e. The van der Waals surface area contributed by atoms with Crippen LogP contribution in [0.15, 0.2) is 73.1 Å². The maximum absolute atomic E-state index is 13.5. The smallest absolute Gasteiger partial charge is 0.342 e. The Labute approximate surface area is 270 Å². The summed E-state index contributed by atoms with van der Waals surface area (Å²) in [4.78, 5) is 36.6. The molecule has 0 unspecified atom stereocenters. The van der Waals surface area contributed by atoms with Crippen LogP contribution in [0.3, 0.4) is 0 Å². The van der Waals surface area contributed by atoms with E-state index in [-0.39, 0.29) is 12.7 Å². The van der Waals surface area contributed by atoms with Crippen LogP contribution in [0.4, 0.5) is 17.2 Å². The van der Waals surface area contributed by atoms with Gasteiger partial charge in [-0.25, -0.2) is 14.8 Å². The van der Waals surface area contributed by atoms with Crippen molar-refractivity contribution < 1.29 is 19.1 Å². The van der Waals surface area contributed by atoms with Gasteiger partial charge in [-0.3, -0.25) is 9.69 Å². The highest BCUT2D eigenvalue weighted by Crippen LogP contribution is 2.31. The topological polar surface area (TPSA) is 106 Å². The number of carbonyl (C=O) groups is 2. The fourth-order valence-corrected chi connectivity index (χ4v) is 5.37. The predicted molar refractivity (Wildman–Crippen MR) is 181 cm³/mol. The molecule has 1 saturated carbocycles. The standard InChI is InChI=1S/C37H41N5O4/c1-42(2)22-12-17-35(43)40-28-18-20-33-31(23-28)36(39-26-38-33)41-29-19-21-34(46-30-15-10-5-3-4-6-11-16-30)32(24-29)37(44)45-25-27-13-8-7-9-14-27/h7-9,13-14,18-21,23-24,26,30H,3-6,10-11,15-16,22,25H2,1-2H3,(H,40,43)(H,38,39,41). The number of rotatable bonds is 9. The molecular formula is C37H41N5O4. The number of ether oxygens (including phenoxy) is 2. The molecule has 0 spiro atoms. The summed E-state index contributed by atoms with van der Waals surface area (Å²) in [5.41, 5.74) is 3.15. The molecule has 1 fully saturated rings. The fraction of sp³-hybridized carbons (Fsp3) is 0.351. The lowest BCUT2D eigenvalue weighted by molar-refractivity contribution is -0.111. The van der Waals surface area contributed by atoms with E-state index in [9.17, 15) is 9.59 Å². The van der Waals surface area contributed by atoms with Crippen LogP contribution in [0, 0.1) is 11.8 Å². The molecule has 238 valence electrons. The number of hydrogen-bond donors (Lipinski definition) is 2. The summed E-state index contributed by atoms with van der Waals surface area (Å²) in [6.45, 7) is 0.643. The molecule has 3 aromatic carbocycles. The number of carbonyl (C=O) groups excluding carboxylic acids is 2. The van der Waals surface area contributed by atoms with Crippen LogP contribution in [-0.2, 0) is 16.1 Å². The van der Waals surface area contributed by atoms with Gasteiger partial charge in [0.25, 0.3) is 5.91 Å². The first-order chi connectivity index (χ1) is 22.4. The van der Waals surface area contributed by atoms with Crippen LogP contribution in [0.25, 0.3) is 10.9 Å². The van der Waals surface area contributed by atoms with Crippen molar-refractivity contribution in [1.82, 2.24) is 14.9 Å². The molecule has 0 bridgehead atoms. The lowest BCUT2D eigenvalue weighted by Crippen LogP contribution is -2.18. The minimum Gasteiger partial charge on any atom is -0.490 e. The van der Waals surface area contributed by atoms with Crippen molar-refractivity contribution in [2.24, 2.45) is 0 Å². The average Bonchev–Trinajstić information content (AvgIpc) is 3.19. The van der Waals surface area contributed by atoms with Crippen LogP contribution in [-0.4, -0.2) is 53.5 Å². The van der Waals surface area contributed by atoms with Gasteiger partial charge in [0.1, 0.15) is 30.1 Å². The molecule has 46 heavy (non-hydrogen) atoms. The van der Waals surface area contributed by atoms with Gasteiger partial charge in [0.05, 0.1) is 18.2 Å². The Morgan fingerprint density at radius 2 is 1.63 bits per heavy atom. The number of hydrogen-bond acceptors (Lipinski definition) is 8. The number of benzene rings is 3. The van der Waals surface area contributed by atoms with E-state index in [2.05, 4.69) is 32.4 Å². The van der Waals surface area contributed by atoms with E-state index < -0.39 is 11.9 Å². The Morgan fingerprint density at radius 3 is 2.39 bits per heavy atom. The van der Waals surface area contributed by atoms with Crippen molar-refractivity contribution in [1.29, 1.82) is 0 Å². The summed E-state index contributed by atoms with van der Waals surface area (Å²) in [5.74, 6) is 5.61. The first-order valence-electron chi connectivity index (χ1n) is 15.9. The first kappa shape index (κ1) is 32.5. The highest BCUT2D eigenvalue weighted by Gasteiger charge is 2.20. The Morgan fingerprint density at radius 1 is 0.891 bits per heavy atom. The van der Waals surface area contributed by atoms with Crippen LogP contribution in [0.1, 0.15) is 67.3 Å². The molecule has 1 heterocycles. The Bertz CT molecular complexity index is 1690. The molecule has 0 aliphatic heterocycles. The summed E-state index contributed by atoms with van der Waals surface area (Å²) >= 11 is 0. The van der Waals surface area contributed by atoms with E-state index in [1.807, 2.05) is 67.5 Å². The molecule has 1 aromatic heterocycles. The van der Waals surface area contributed by atoms with Gasteiger partial charge in [0.2, 0.25) is 0 Å².